The van der Waals surface area contributed by atoms with Crippen molar-refractivity contribution in [1.82, 2.24) is 0 Å². The maximum atomic E-state index is 6.19. The summed E-state index contributed by atoms with van der Waals surface area (Å²) in [5, 5.41) is 0. The number of aryl methyl sites for hydroxylation is 2. The molecular formula is C17H28O4S. The van der Waals surface area contributed by atoms with Gasteiger partial charge in [0.05, 0.1) is 28.4 Å². The molecule has 0 N–H and O–H groups in total. The Morgan fingerprint density at radius 1 is 0.864 bits per heavy atom. The van der Waals surface area contributed by atoms with Crippen molar-refractivity contribution in [2.24, 2.45) is 5.41 Å². The molecule has 0 bridgehead atoms. The average Bonchev–Trinajstić information content (AvgIpc) is 2.79. The summed E-state index contributed by atoms with van der Waals surface area (Å²) >= 11 is 1.81. The predicted molar refractivity (Wildman–Crippen MR) is 89.5 cm³/mol. The van der Waals surface area contributed by atoms with Gasteiger partial charge < -0.3 is 18.9 Å². The Morgan fingerprint density at radius 2 is 1.32 bits per heavy atom. The lowest BCUT2D eigenvalue weighted by atomic mass is 9.92. The minimum Gasteiger partial charge on any atom is -0.488 e. The molecule has 0 saturated heterocycles. The summed E-state index contributed by atoms with van der Waals surface area (Å²) in [4.78, 5) is 2.55. The molecule has 0 saturated carbocycles. The van der Waals surface area contributed by atoms with Gasteiger partial charge in [0.2, 0.25) is 0 Å². The van der Waals surface area contributed by atoms with Gasteiger partial charge in [0.1, 0.15) is 13.2 Å². The summed E-state index contributed by atoms with van der Waals surface area (Å²) in [6.07, 6.45) is 1.94. The van der Waals surface area contributed by atoms with Gasteiger partial charge in [-0.05, 0) is 26.7 Å². The largest absolute Gasteiger partial charge is 0.488 e. The van der Waals surface area contributed by atoms with Crippen LogP contribution in [0.25, 0.3) is 0 Å². The third-order valence-corrected chi connectivity index (χ3v) is 5.31. The fourth-order valence-corrected chi connectivity index (χ4v) is 3.66. The van der Waals surface area contributed by atoms with Gasteiger partial charge in [0.15, 0.2) is 11.5 Å². The lowest BCUT2D eigenvalue weighted by Gasteiger charge is -2.30. The first kappa shape index (κ1) is 17.6. The van der Waals surface area contributed by atoms with E-state index >= 15 is 0 Å². The van der Waals surface area contributed by atoms with E-state index in [2.05, 4.69) is 13.8 Å². The zero-order valence-electron chi connectivity index (χ0n) is 14.2. The van der Waals surface area contributed by atoms with Crippen molar-refractivity contribution in [3.05, 3.63) is 9.75 Å². The Hall–Kier alpha value is -0.780. The highest BCUT2D eigenvalue weighted by molar-refractivity contribution is 7.12. The third-order valence-electron chi connectivity index (χ3n) is 3.87. The van der Waals surface area contributed by atoms with Crippen molar-refractivity contribution in [3.63, 3.8) is 0 Å². The van der Waals surface area contributed by atoms with Crippen molar-refractivity contribution in [1.29, 1.82) is 0 Å². The van der Waals surface area contributed by atoms with Gasteiger partial charge in [-0.15, -0.1) is 11.3 Å². The second kappa shape index (κ2) is 8.18. The highest BCUT2D eigenvalue weighted by atomic mass is 32.1. The van der Waals surface area contributed by atoms with Crippen LogP contribution in [0.15, 0.2) is 0 Å². The molecule has 0 fully saturated rings. The van der Waals surface area contributed by atoms with Gasteiger partial charge in [-0.25, -0.2) is 0 Å². The van der Waals surface area contributed by atoms with Crippen LogP contribution in [0.3, 0.4) is 0 Å². The molecule has 0 unspecified atom stereocenters. The number of hydrogen-bond donors (Lipinski definition) is 0. The van der Waals surface area contributed by atoms with Crippen molar-refractivity contribution >= 4 is 11.3 Å². The molecule has 5 heteroatoms. The molecule has 1 aliphatic heterocycles. The van der Waals surface area contributed by atoms with Crippen molar-refractivity contribution < 1.29 is 18.9 Å². The van der Waals surface area contributed by atoms with E-state index < -0.39 is 0 Å². The Kier molecular flexibility index (Phi) is 6.53. The molecule has 1 aliphatic rings. The van der Waals surface area contributed by atoms with Crippen molar-refractivity contribution in [2.45, 2.75) is 40.5 Å². The minimum atomic E-state index is -0.237. The zero-order chi connectivity index (χ0) is 16.0. The van der Waals surface area contributed by atoms with Crippen LogP contribution in [0.2, 0.25) is 0 Å². The first-order valence-electron chi connectivity index (χ1n) is 8.25. The standard InChI is InChI=1S/C17H28O4S/c1-5-13-15-16(14(6-2)22-13)21-12-17(11-20-15,9-18-7-3)10-19-8-4/h5-12H2,1-4H3. The summed E-state index contributed by atoms with van der Waals surface area (Å²) in [6.45, 7) is 12.1. The number of thiophene rings is 1. The number of hydrogen-bond acceptors (Lipinski definition) is 5. The molecular weight excluding hydrogens is 300 g/mol. The molecule has 0 aliphatic carbocycles. The van der Waals surface area contributed by atoms with Gasteiger partial charge in [-0.3, -0.25) is 0 Å². The van der Waals surface area contributed by atoms with E-state index in [1.807, 2.05) is 25.2 Å². The fraction of sp³-hybridized carbons (Fsp3) is 0.765. The van der Waals surface area contributed by atoms with Crippen LogP contribution in [0.1, 0.15) is 37.4 Å². The van der Waals surface area contributed by atoms with E-state index in [-0.39, 0.29) is 5.41 Å². The summed E-state index contributed by atoms with van der Waals surface area (Å²) in [6, 6.07) is 0. The van der Waals surface area contributed by atoms with Crippen LogP contribution in [0.5, 0.6) is 11.5 Å². The molecule has 0 amide bonds. The Bertz CT molecular complexity index is 429. The van der Waals surface area contributed by atoms with Crippen LogP contribution in [0, 0.1) is 5.41 Å². The molecule has 2 rings (SSSR count). The molecule has 0 aromatic carbocycles. The predicted octanol–water partition coefficient (Wildman–Crippen LogP) is 3.70. The average molecular weight is 328 g/mol. The lowest BCUT2D eigenvalue weighted by molar-refractivity contribution is -0.0552. The lowest BCUT2D eigenvalue weighted by Crippen LogP contribution is -2.42. The topological polar surface area (TPSA) is 36.9 Å². The van der Waals surface area contributed by atoms with Gasteiger partial charge >= 0.3 is 0 Å². The van der Waals surface area contributed by atoms with Crippen LogP contribution in [-0.4, -0.2) is 39.6 Å². The summed E-state index contributed by atoms with van der Waals surface area (Å²) in [5.41, 5.74) is -0.237. The van der Waals surface area contributed by atoms with E-state index in [1.54, 1.807) is 0 Å². The minimum absolute atomic E-state index is 0.237. The van der Waals surface area contributed by atoms with Crippen molar-refractivity contribution in [3.8, 4) is 11.5 Å². The normalized spacial score (nSPS) is 16.5. The molecule has 1 aromatic rings. The number of rotatable bonds is 8. The van der Waals surface area contributed by atoms with E-state index in [1.165, 1.54) is 9.75 Å². The second-order valence-corrected chi connectivity index (χ2v) is 6.86. The first-order chi connectivity index (χ1) is 10.7. The van der Waals surface area contributed by atoms with Gasteiger partial charge in [0.25, 0.3) is 0 Å². The van der Waals surface area contributed by atoms with Crippen molar-refractivity contribution in [2.75, 3.05) is 39.6 Å². The van der Waals surface area contributed by atoms with E-state index in [0.29, 0.717) is 39.6 Å². The summed E-state index contributed by atoms with van der Waals surface area (Å²) in [7, 11) is 0. The smallest absolute Gasteiger partial charge is 0.175 e. The molecule has 126 valence electrons. The van der Waals surface area contributed by atoms with E-state index in [0.717, 1.165) is 24.3 Å². The maximum absolute atomic E-state index is 6.19. The molecule has 2 heterocycles. The Morgan fingerprint density at radius 3 is 1.68 bits per heavy atom. The van der Waals surface area contributed by atoms with Crippen LogP contribution in [0.4, 0.5) is 0 Å². The van der Waals surface area contributed by atoms with E-state index in [4.69, 9.17) is 18.9 Å². The quantitative estimate of drug-likeness (QED) is 0.729. The SMILES string of the molecule is CCOCC1(COCC)COc2c(CC)sc(CC)c2OC1. The maximum Gasteiger partial charge on any atom is 0.175 e. The summed E-state index contributed by atoms with van der Waals surface area (Å²) in [5.74, 6) is 1.89. The molecule has 22 heavy (non-hydrogen) atoms. The van der Waals surface area contributed by atoms with Gasteiger partial charge in [-0.1, -0.05) is 13.8 Å². The van der Waals surface area contributed by atoms with Crippen LogP contribution in [-0.2, 0) is 22.3 Å². The molecule has 0 radical (unpaired) electrons. The van der Waals surface area contributed by atoms with E-state index in [9.17, 15) is 0 Å². The summed E-state index contributed by atoms with van der Waals surface area (Å²) < 4.78 is 23.7. The van der Waals surface area contributed by atoms with Crippen LogP contribution >= 0.6 is 11.3 Å². The number of ether oxygens (including phenoxy) is 4. The highest BCUT2D eigenvalue weighted by Crippen LogP contribution is 2.45. The van der Waals surface area contributed by atoms with Gasteiger partial charge in [0, 0.05) is 13.2 Å². The molecule has 0 spiro atoms. The monoisotopic (exact) mass is 328 g/mol. The number of fused-ring (bicyclic) bond motifs is 1. The third kappa shape index (κ3) is 3.76. The fourth-order valence-electron chi connectivity index (χ4n) is 2.59. The van der Waals surface area contributed by atoms with Gasteiger partial charge in [-0.2, -0.15) is 0 Å². The zero-order valence-corrected chi connectivity index (χ0v) is 15.0. The highest BCUT2D eigenvalue weighted by Gasteiger charge is 2.38. The Labute approximate surface area is 137 Å². The molecule has 1 aromatic heterocycles. The van der Waals surface area contributed by atoms with Crippen LogP contribution < -0.4 is 9.47 Å². The molecule has 0 atom stereocenters. The molecule has 4 nitrogen and oxygen atoms in total. The first-order valence-corrected chi connectivity index (χ1v) is 9.06. The Balaban J connectivity index is 2.21. The second-order valence-electron chi connectivity index (χ2n) is 5.67.